The molecule has 0 fully saturated rings. The molecule has 1 atom stereocenters. The van der Waals surface area contributed by atoms with E-state index in [-0.39, 0.29) is 11.9 Å². The minimum absolute atomic E-state index is 0.0534. The molecule has 0 amide bonds. The lowest BCUT2D eigenvalue weighted by Crippen LogP contribution is -2.19. The van der Waals surface area contributed by atoms with Gasteiger partial charge in [-0.25, -0.2) is 0 Å². The van der Waals surface area contributed by atoms with Crippen molar-refractivity contribution in [2.75, 3.05) is 20.3 Å². The summed E-state index contributed by atoms with van der Waals surface area (Å²) in [6.45, 7) is 5.10. The van der Waals surface area contributed by atoms with Gasteiger partial charge in [0.1, 0.15) is 6.61 Å². The maximum absolute atomic E-state index is 11.6. The van der Waals surface area contributed by atoms with Crippen LogP contribution in [0.25, 0.3) is 0 Å². The summed E-state index contributed by atoms with van der Waals surface area (Å²) in [7, 11) is 1.61. The topological polar surface area (TPSA) is 35.5 Å². The fourth-order valence-corrected chi connectivity index (χ4v) is 1.52. The fraction of sp³-hybridized carbons (Fsp3) is 0.917. The molecule has 1 unspecified atom stereocenters. The van der Waals surface area contributed by atoms with Crippen LogP contribution in [-0.4, -0.2) is 26.3 Å². The molecule has 90 valence electrons. The highest BCUT2D eigenvalue weighted by Gasteiger charge is 2.17. The maximum Gasteiger partial charge on any atom is 0.309 e. The Morgan fingerprint density at radius 2 is 1.87 bits per heavy atom. The van der Waals surface area contributed by atoms with Crippen LogP contribution in [0.4, 0.5) is 0 Å². The molecular weight excluding hydrogens is 192 g/mol. The van der Waals surface area contributed by atoms with Gasteiger partial charge in [0.15, 0.2) is 0 Å². The van der Waals surface area contributed by atoms with E-state index in [2.05, 4.69) is 13.8 Å². The van der Waals surface area contributed by atoms with Crippen molar-refractivity contribution in [3.8, 4) is 0 Å². The van der Waals surface area contributed by atoms with Crippen LogP contribution in [0.5, 0.6) is 0 Å². The van der Waals surface area contributed by atoms with Crippen LogP contribution in [0.1, 0.15) is 46.0 Å². The lowest BCUT2D eigenvalue weighted by Gasteiger charge is -2.14. The SMILES string of the molecule is CCCCC(CCC)C(=O)OCCOC. The zero-order chi connectivity index (χ0) is 11.5. The Morgan fingerprint density at radius 1 is 1.13 bits per heavy atom. The number of unbranched alkanes of at least 4 members (excludes halogenated alkanes) is 1. The van der Waals surface area contributed by atoms with Crippen LogP contribution in [0, 0.1) is 5.92 Å². The van der Waals surface area contributed by atoms with Gasteiger partial charge in [0.05, 0.1) is 12.5 Å². The normalized spacial score (nSPS) is 12.5. The van der Waals surface area contributed by atoms with Crippen LogP contribution >= 0.6 is 0 Å². The van der Waals surface area contributed by atoms with Crippen LogP contribution in [0.2, 0.25) is 0 Å². The molecule has 0 aromatic carbocycles. The first-order chi connectivity index (χ1) is 7.26. The molecule has 0 aliphatic carbocycles. The molecule has 0 bridgehead atoms. The molecule has 3 heteroatoms. The zero-order valence-corrected chi connectivity index (χ0v) is 10.3. The highest BCUT2D eigenvalue weighted by Crippen LogP contribution is 2.16. The number of hydrogen-bond acceptors (Lipinski definition) is 3. The fourth-order valence-electron chi connectivity index (χ4n) is 1.52. The first-order valence-corrected chi connectivity index (χ1v) is 5.91. The Morgan fingerprint density at radius 3 is 2.40 bits per heavy atom. The van der Waals surface area contributed by atoms with Crippen molar-refractivity contribution in [2.24, 2.45) is 5.92 Å². The summed E-state index contributed by atoms with van der Waals surface area (Å²) < 4.78 is 9.97. The third-order valence-corrected chi connectivity index (χ3v) is 2.41. The highest BCUT2D eigenvalue weighted by atomic mass is 16.6. The minimum Gasteiger partial charge on any atom is -0.463 e. The summed E-state index contributed by atoms with van der Waals surface area (Å²) >= 11 is 0. The van der Waals surface area contributed by atoms with Crippen molar-refractivity contribution in [3.05, 3.63) is 0 Å². The van der Waals surface area contributed by atoms with Gasteiger partial charge in [0.25, 0.3) is 0 Å². The standard InChI is InChI=1S/C12H24O3/c1-4-6-8-11(7-5-2)12(13)15-10-9-14-3/h11H,4-10H2,1-3H3. The van der Waals surface area contributed by atoms with E-state index in [4.69, 9.17) is 9.47 Å². The van der Waals surface area contributed by atoms with Gasteiger partial charge in [-0.15, -0.1) is 0 Å². The lowest BCUT2D eigenvalue weighted by molar-refractivity contribution is -0.150. The van der Waals surface area contributed by atoms with Gasteiger partial charge >= 0.3 is 5.97 Å². The third-order valence-electron chi connectivity index (χ3n) is 2.41. The summed E-state index contributed by atoms with van der Waals surface area (Å²) in [6.07, 6.45) is 5.16. The molecule has 0 saturated carbocycles. The van der Waals surface area contributed by atoms with E-state index in [0.29, 0.717) is 13.2 Å². The van der Waals surface area contributed by atoms with E-state index < -0.39 is 0 Å². The van der Waals surface area contributed by atoms with Crippen molar-refractivity contribution in [3.63, 3.8) is 0 Å². The van der Waals surface area contributed by atoms with E-state index >= 15 is 0 Å². The summed E-state index contributed by atoms with van der Waals surface area (Å²) in [4.78, 5) is 11.6. The molecular formula is C12H24O3. The van der Waals surface area contributed by atoms with Crippen molar-refractivity contribution in [2.45, 2.75) is 46.0 Å². The van der Waals surface area contributed by atoms with Gasteiger partial charge in [0.2, 0.25) is 0 Å². The molecule has 0 aromatic heterocycles. The van der Waals surface area contributed by atoms with E-state index in [9.17, 15) is 4.79 Å². The Hall–Kier alpha value is -0.570. The molecule has 0 aliphatic heterocycles. The summed E-state index contributed by atoms with van der Waals surface area (Å²) in [5, 5.41) is 0. The molecule has 0 aliphatic rings. The molecule has 15 heavy (non-hydrogen) atoms. The molecule has 0 heterocycles. The lowest BCUT2D eigenvalue weighted by atomic mass is 9.97. The van der Waals surface area contributed by atoms with Crippen LogP contribution in [0.3, 0.4) is 0 Å². The largest absolute Gasteiger partial charge is 0.463 e. The first-order valence-electron chi connectivity index (χ1n) is 5.91. The van der Waals surface area contributed by atoms with Crippen molar-refractivity contribution in [1.82, 2.24) is 0 Å². The van der Waals surface area contributed by atoms with Crippen molar-refractivity contribution in [1.29, 1.82) is 0 Å². The van der Waals surface area contributed by atoms with Crippen LogP contribution in [-0.2, 0) is 14.3 Å². The third kappa shape index (κ3) is 7.37. The van der Waals surface area contributed by atoms with Gasteiger partial charge in [-0.2, -0.15) is 0 Å². The molecule has 3 nitrogen and oxygen atoms in total. The second-order valence-electron chi connectivity index (χ2n) is 3.79. The summed E-state index contributed by atoms with van der Waals surface area (Å²) in [6, 6.07) is 0. The number of carbonyl (C=O) groups is 1. The first kappa shape index (κ1) is 14.4. The Balaban J connectivity index is 3.81. The average Bonchev–Trinajstić information content (AvgIpc) is 2.24. The monoisotopic (exact) mass is 216 g/mol. The van der Waals surface area contributed by atoms with Gasteiger partial charge < -0.3 is 9.47 Å². The van der Waals surface area contributed by atoms with E-state index in [1.807, 2.05) is 0 Å². The predicted molar refractivity (Wildman–Crippen MR) is 60.8 cm³/mol. The average molecular weight is 216 g/mol. The van der Waals surface area contributed by atoms with Crippen LogP contribution in [0.15, 0.2) is 0 Å². The maximum atomic E-state index is 11.6. The number of ether oxygens (including phenoxy) is 2. The number of rotatable bonds is 9. The van der Waals surface area contributed by atoms with Crippen molar-refractivity contribution < 1.29 is 14.3 Å². The summed E-state index contributed by atoms with van der Waals surface area (Å²) in [5.41, 5.74) is 0. The highest BCUT2D eigenvalue weighted by molar-refractivity contribution is 5.72. The molecule has 0 rings (SSSR count). The van der Waals surface area contributed by atoms with Crippen molar-refractivity contribution >= 4 is 5.97 Å². The minimum atomic E-state index is -0.0534. The van der Waals surface area contributed by atoms with E-state index in [1.165, 1.54) is 0 Å². The number of carbonyl (C=O) groups excluding carboxylic acids is 1. The number of methoxy groups -OCH3 is 1. The predicted octanol–water partition coefficient (Wildman–Crippen LogP) is 2.78. The second-order valence-corrected chi connectivity index (χ2v) is 3.79. The second kappa shape index (κ2) is 9.97. The van der Waals surface area contributed by atoms with E-state index in [0.717, 1.165) is 32.1 Å². The Kier molecular flexibility index (Phi) is 9.59. The molecule has 0 radical (unpaired) electrons. The zero-order valence-electron chi connectivity index (χ0n) is 10.3. The Labute approximate surface area is 93.1 Å². The Bertz CT molecular complexity index is 157. The van der Waals surface area contributed by atoms with Gasteiger partial charge in [0, 0.05) is 7.11 Å². The van der Waals surface area contributed by atoms with Gasteiger partial charge in [-0.05, 0) is 12.8 Å². The number of esters is 1. The van der Waals surface area contributed by atoms with Gasteiger partial charge in [-0.1, -0.05) is 33.1 Å². The molecule has 0 spiro atoms. The van der Waals surface area contributed by atoms with E-state index in [1.54, 1.807) is 7.11 Å². The smallest absolute Gasteiger partial charge is 0.309 e. The van der Waals surface area contributed by atoms with Crippen LogP contribution < -0.4 is 0 Å². The quantitative estimate of drug-likeness (QED) is 0.439. The van der Waals surface area contributed by atoms with Gasteiger partial charge in [-0.3, -0.25) is 4.79 Å². The molecule has 0 aromatic rings. The molecule has 0 saturated heterocycles. The number of hydrogen-bond donors (Lipinski definition) is 0. The molecule has 0 N–H and O–H groups in total. The summed E-state index contributed by atoms with van der Waals surface area (Å²) in [5.74, 6) is 0.0363.